The van der Waals surface area contributed by atoms with E-state index in [4.69, 9.17) is 28.4 Å². The van der Waals surface area contributed by atoms with Crippen LogP contribution in [0.2, 0.25) is 0 Å². The summed E-state index contributed by atoms with van der Waals surface area (Å²) in [6.45, 7) is 18.7. The maximum atomic E-state index is 13.9. The molecule has 1 amide bonds. The lowest BCUT2D eigenvalue weighted by atomic mass is 9.48. The van der Waals surface area contributed by atoms with Crippen LogP contribution in [0.4, 0.5) is 0 Å². The van der Waals surface area contributed by atoms with E-state index in [0.29, 0.717) is 12.8 Å². The molecule has 262 valence electrons. The van der Waals surface area contributed by atoms with E-state index in [-0.39, 0.29) is 24.9 Å². The summed E-state index contributed by atoms with van der Waals surface area (Å²) >= 11 is 0. The Bertz CT molecular complexity index is 1430. The van der Waals surface area contributed by atoms with Crippen molar-refractivity contribution in [2.45, 2.75) is 149 Å². The highest BCUT2D eigenvalue weighted by Gasteiger charge is 2.85. The van der Waals surface area contributed by atoms with E-state index in [2.05, 4.69) is 5.32 Å². The lowest BCUT2D eigenvalue weighted by Gasteiger charge is -2.65. The monoisotopic (exact) mass is 661 g/mol. The van der Waals surface area contributed by atoms with Gasteiger partial charge in [-0.15, -0.1) is 0 Å². The first-order valence-corrected chi connectivity index (χ1v) is 16.8. The molecule has 0 aromatic rings. The summed E-state index contributed by atoms with van der Waals surface area (Å²) in [4.78, 5) is 51.5. The summed E-state index contributed by atoms with van der Waals surface area (Å²) in [5.74, 6) is -3.56. The third-order valence-corrected chi connectivity index (χ3v) is 12.6. The largest absolute Gasteiger partial charge is 0.459 e. The number of hydrogen-bond donors (Lipinski definition) is 2. The summed E-state index contributed by atoms with van der Waals surface area (Å²) in [7, 11) is 0. The van der Waals surface area contributed by atoms with Crippen LogP contribution in [0.3, 0.4) is 0 Å². The van der Waals surface area contributed by atoms with E-state index in [1.165, 1.54) is 20.8 Å². The molecule has 11 atom stereocenters. The maximum absolute atomic E-state index is 13.9. The van der Waals surface area contributed by atoms with Crippen LogP contribution in [0.15, 0.2) is 11.1 Å². The molecule has 4 aliphatic carbocycles. The van der Waals surface area contributed by atoms with E-state index in [1.54, 1.807) is 20.8 Å². The van der Waals surface area contributed by atoms with Crippen LogP contribution < -0.4 is 5.32 Å². The zero-order valence-corrected chi connectivity index (χ0v) is 29.5. The standard InChI is InChI=1S/C35H51NO11/c1-16-22(44-29(40)30(6,7)17(2)36-18(3)37)14-35(41)28(43-19(4)38)26-33(13-21(33)12-23-34(26,15-42-23)45-20(5)39)27-25(24(16)31(35,8)9)46-32(10,11)47-27/h17,21-23,25-28,41H,12-15H2,1-11H3,(H,36,37)/t17-,21?,22-,23+,25+,26-,27+,28-,33?,34-,35+/m0/s1. The Labute approximate surface area is 276 Å². The summed E-state index contributed by atoms with van der Waals surface area (Å²) in [5, 5.41) is 16.1. The Morgan fingerprint density at radius 2 is 1.66 bits per heavy atom. The molecule has 3 saturated carbocycles. The molecule has 0 aromatic carbocycles. The van der Waals surface area contributed by atoms with Crippen LogP contribution in [-0.2, 0) is 47.6 Å². The number of esters is 3. The topological polar surface area (TPSA) is 156 Å². The Morgan fingerprint density at radius 3 is 2.21 bits per heavy atom. The van der Waals surface area contributed by atoms with Gasteiger partial charge in [0.1, 0.15) is 30.0 Å². The molecule has 12 nitrogen and oxygen atoms in total. The molecule has 0 radical (unpaired) electrons. The normalized spacial score (nSPS) is 42.9. The summed E-state index contributed by atoms with van der Waals surface area (Å²) in [6, 6.07) is -0.548. The molecule has 2 saturated heterocycles. The highest BCUT2D eigenvalue weighted by atomic mass is 16.8. The predicted octanol–water partition coefficient (Wildman–Crippen LogP) is 3.12. The average Bonchev–Trinajstić information content (AvgIpc) is 3.55. The minimum Gasteiger partial charge on any atom is -0.459 e. The second-order valence-corrected chi connectivity index (χ2v) is 16.5. The molecule has 2 unspecified atom stereocenters. The second kappa shape index (κ2) is 10.5. The molecular formula is C35H51NO11. The number of carbonyl (C=O) groups excluding carboxylic acids is 4. The molecule has 1 spiro atoms. The van der Waals surface area contributed by atoms with Gasteiger partial charge in [0, 0.05) is 44.1 Å². The van der Waals surface area contributed by atoms with Gasteiger partial charge in [0.2, 0.25) is 5.91 Å². The molecule has 6 aliphatic rings. The number of nitrogens with one attached hydrogen (secondary N) is 1. The minimum absolute atomic E-state index is 0.0840. The Morgan fingerprint density at radius 1 is 1.00 bits per heavy atom. The number of ether oxygens (including phenoxy) is 6. The smallest absolute Gasteiger partial charge is 0.314 e. The van der Waals surface area contributed by atoms with Crippen molar-refractivity contribution in [3.8, 4) is 0 Å². The van der Waals surface area contributed by atoms with Crippen LogP contribution in [0.1, 0.15) is 95.4 Å². The molecule has 2 aliphatic heterocycles. The fourth-order valence-corrected chi connectivity index (χ4v) is 9.88. The minimum atomic E-state index is -1.82. The van der Waals surface area contributed by atoms with Crippen molar-refractivity contribution in [2.24, 2.45) is 28.1 Å². The zero-order valence-electron chi connectivity index (χ0n) is 29.5. The van der Waals surface area contributed by atoms with Crippen LogP contribution >= 0.6 is 0 Å². The lowest BCUT2D eigenvalue weighted by Crippen LogP contribution is -2.78. The number of rotatable bonds is 6. The fraction of sp³-hybridized carbons (Fsp3) is 0.829. The van der Waals surface area contributed by atoms with Gasteiger partial charge < -0.3 is 38.8 Å². The molecule has 5 fully saturated rings. The average molecular weight is 662 g/mol. The van der Waals surface area contributed by atoms with Gasteiger partial charge in [-0.2, -0.15) is 0 Å². The summed E-state index contributed by atoms with van der Waals surface area (Å²) in [6.07, 6.45) is -2.52. The molecule has 6 rings (SSSR count). The van der Waals surface area contributed by atoms with Gasteiger partial charge in [-0.1, -0.05) is 13.8 Å². The highest BCUT2D eigenvalue weighted by Crippen LogP contribution is 2.77. The Kier molecular flexibility index (Phi) is 7.66. The fourth-order valence-electron chi connectivity index (χ4n) is 9.88. The first kappa shape index (κ1) is 34.3. The maximum Gasteiger partial charge on any atom is 0.314 e. The second-order valence-electron chi connectivity index (χ2n) is 16.5. The van der Waals surface area contributed by atoms with Crippen molar-refractivity contribution >= 4 is 23.8 Å². The van der Waals surface area contributed by atoms with E-state index in [0.717, 1.165) is 11.1 Å². The third kappa shape index (κ3) is 4.75. The number of aliphatic hydroxyl groups is 1. The molecule has 47 heavy (non-hydrogen) atoms. The van der Waals surface area contributed by atoms with Crippen molar-refractivity contribution < 1.29 is 52.7 Å². The van der Waals surface area contributed by atoms with Gasteiger partial charge in [-0.3, -0.25) is 19.2 Å². The summed E-state index contributed by atoms with van der Waals surface area (Å²) < 4.78 is 38.4. The van der Waals surface area contributed by atoms with Crippen molar-refractivity contribution in [3.05, 3.63) is 11.1 Å². The van der Waals surface area contributed by atoms with Gasteiger partial charge >= 0.3 is 17.9 Å². The molecule has 2 N–H and O–H groups in total. The van der Waals surface area contributed by atoms with E-state index < -0.39 is 93.6 Å². The van der Waals surface area contributed by atoms with Gasteiger partial charge in [0.25, 0.3) is 0 Å². The summed E-state index contributed by atoms with van der Waals surface area (Å²) in [5.41, 5.74) is -4.40. The Balaban J connectivity index is 1.55. The molecule has 12 heteroatoms. The molecule has 2 heterocycles. The van der Waals surface area contributed by atoms with Crippen LogP contribution in [0, 0.1) is 28.1 Å². The molecule has 0 aromatic heterocycles. The van der Waals surface area contributed by atoms with E-state index in [1.807, 2.05) is 34.6 Å². The van der Waals surface area contributed by atoms with Gasteiger partial charge in [-0.05, 0) is 71.4 Å². The van der Waals surface area contributed by atoms with Crippen molar-refractivity contribution in [3.63, 3.8) is 0 Å². The van der Waals surface area contributed by atoms with Gasteiger partial charge in [0.15, 0.2) is 11.4 Å². The SMILES string of the molecule is CC(=O)N[C@@H](C)C(C)(C)C(=O)O[C@H]1C[C@@]2(O)[C@@H](OC(C)=O)[C@H]3C4(CC4C[C@H]4OC[C@]43OC(C)=O)[C@@H]3OC(C)(C)O[C@@H]3C(=C1C)C2(C)C. The number of hydrogen-bond acceptors (Lipinski definition) is 11. The third-order valence-electron chi connectivity index (χ3n) is 12.6. The molecule has 2 bridgehead atoms. The lowest BCUT2D eigenvalue weighted by molar-refractivity contribution is -0.335. The Hall–Kier alpha value is -2.54. The van der Waals surface area contributed by atoms with E-state index in [9.17, 15) is 24.3 Å². The van der Waals surface area contributed by atoms with Crippen molar-refractivity contribution in [1.82, 2.24) is 5.32 Å². The highest BCUT2D eigenvalue weighted by molar-refractivity contribution is 5.79. The van der Waals surface area contributed by atoms with E-state index >= 15 is 0 Å². The van der Waals surface area contributed by atoms with Crippen molar-refractivity contribution in [1.29, 1.82) is 0 Å². The van der Waals surface area contributed by atoms with Crippen LogP contribution in [0.5, 0.6) is 0 Å². The molecular weight excluding hydrogens is 610 g/mol. The number of carbonyl (C=O) groups is 4. The van der Waals surface area contributed by atoms with Crippen LogP contribution in [0.25, 0.3) is 0 Å². The van der Waals surface area contributed by atoms with Gasteiger partial charge in [0.05, 0.1) is 24.0 Å². The van der Waals surface area contributed by atoms with Crippen LogP contribution in [-0.4, -0.2) is 89.1 Å². The zero-order chi connectivity index (χ0) is 34.9. The quantitative estimate of drug-likeness (QED) is 0.245. The first-order chi connectivity index (χ1) is 21.5. The number of fused-ring (bicyclic) bond motifs is 6. The van der Waals surface area contributed by atoms with Gasteiger partial charge in [-0.25, -0.2) is 0 Å². The number of amides is 1. The van der Waals surface area contributed by atoms with Crippen molar-refractivity contribution in [2.75, 3.05) is 6.61 Å². The first-order valence-electron chi connectivity index (χ1n) is 16.8. The predicted molar refractivity (Wildman–Crippen MR) is 165 cm³/mol.